The monoisotopic (exact) mass is 599 g/mol. The van der Waals surface area contributed by atoms with Gasteiger partial charge in [0.2, 0.25) is 0 Å². The van der Waals surface area contributed by atoms with Crippen molar-refractivity contribution in [2.75, 3.05) is 25.1 Å². The maximum absolute atomic E-state index is 13.8. The Hall–Kier alpha value is -5.18. The molecule has 4 aromatic rings. The molecule has 1 aromatic carbocycles. The minimum absolute atomic E-state index is 0.176. The quantitative estimate of drug-likeness (QED) is 0.306. The first-order valence-electron chi connectivity index (χ1n) is 14.3. The van der Waals surface area contributed by atoms with Gasteiger partial charge in [-0.25, -0.2) is 9.78 Å². The third kappa shape index (κ3) is 7.60. The van der Waals surface area contributed by atoms with Crippen LogP contribution >= 0.6 is 0 Å². The summed E-state index contributed by atoms with van der Waals surface area (Å²) in [6, 6.07) is 14.7. The van der Waals surface area contributed by atoms with Crippen LogP contribution in [-0.4, -0.2) is 56.8 Å². The summed E-state index contributed by atoms with van der Waals surface area (Å²) in [7, 11) is 1.54. The number of hydrogen-bond acceptors (Lipinski definition) is 9. The van der Waals surface area contributed by atoms with E-state index in [9.17, 15) is 19.6 Å². The summed E-state index contributed by atoms with van der Waals surface area (Å²) in [5.41, 5.74) is 6.14. The molecule has 1 saturated heterocycles. The van der Waals surface area contributed by atoms with Gasteiger partial charge in [-0.15, -0.1) is 0 Å². The van der Waals surface area contributed by atoms with Crippen LogP contribution in [0.25, 0.3) is 11.0 Å². The summed E-state index contributed by atoms with van der Waals surface area (Å²) < 4.78 is 12.9. The molecular formula is C32H37N7O5. The molecule has 0 radical (unpaired) electrons. The summed E-state index contributed by atoms with van der Waals surface area (Å²) in [5, 5.41) is 10.1. The lowest BCUT2D eigenvalue weighted by atomic mass is 10.1. The lowest BCUT2D eigenvalue weighted by Crippen LogP contribution is -2.32. The molecule has 1 amide bonds. The van der Waals surface area contributed by atoms with Crippen LogP contribution in [0.2, 0.25) is 0 Å². The van der Waals surface area contributed by atoms with Crippen LogP contribution in [0, 0.1) is 11.3 Å². The summed E-state index contributed by atoms with van der Waals surface area (Å²) >= 11 is 0. The zero-order chi connectivity index (χ0) is 31.9. The molecule has 1 aliphatic heterocycles. The fourth-order valence-electron chi connectivity index (χ4n) is 5.05. The number of amides is 1. The summed E-state index contributed by atoms with van der Waals surface area (Å²) in [6.45, 7) is 7.03. The predicted molar refractivity (Wildman–Crippen MR) is 166 cm³/mol. The zero-order valence-electron chi connectivity index (χ0n) is 25.4. The molecule has 3 aromatic heterocycles. The number of ketones is 1. The van der Waals surface area contributed by atoms with Gasteiger partial charge in [0.15, 0.2) is 5.78 Å². The second-order valence-corrected chi connectivity index (χ2v) is 11.3. The van der Waals surface area contributed by atoms with Crippen molar-refractivity contribution in [2.45, 2.75) is 58.7 Å². The molecule has 2 N–H and O–H groups in total. The van der Waals surface area contributed by atoms with Crippen molar-refractivity contribution in [1.29, 1.82) is 5.26 Å². The maximum Gasteiger partial charge on any atom is 0.405 e. The third-order valence-corrected chi connectivity index (χ3v) is 6.93. The molecule has 0 aliphatic carbocycles. The van der Waals surface area contributed by atoms with Gasteiger partial charge in [0, 0.05) is 24.8 Å². The van der Waals surface area contributed by atoms with Gasteiger partial charge >= 0.3 is 6.09 Å². The van der Waals surface area contributed by atoms with E-state index in [4.69, 9.17) is 10.5 Å². The van der Waals surface area contributed by atoms with E-state index in [0.29, 0.717) is 40.3 Å². The second kappa shape index (κ2) is 13.9. The number of hydrogen-bond donors (Lipinski definition) is 1. The fourth-order valence-corrected chi connectivity index (χ4v) is 5.05. The average molecular weight is 600 g/mol. The molecule has 0 saturated carbocycles. The first-order valence-corrected chi connectivity index (χ1v) is 14.3. The van der Waals surface area contributed by atoms with Crippen molar-refractivity contribution in [3.05, 3.63) is 82.2 Å². The van der Waals surface area contributed by atoms with E-state index in [-0.39, 0.29) is 17.9 Å². The molecule has 1 fully saturated rings. The van der Waals surface area contributed by atoms with E-state index in [2.05, 4.69) is 25.7 Å². The number of carbonyl (C=O) groups is 2. The van der Waals surface area contributed by atoms with Crippen molar-refractivity contribution in [1.82, 2.24) is 19.1 Å². The Morgan fingerprint density at radius 3 is 2.41 bits per heavy atom. The second-order valence-electron chi connectivity index (χ2n) is 11.3. The number of carbonyl (C=O) groups excluding carboxylic acids is 2. The summed E-state index contributed by atoms with van der Waals surface area (Å²) in [6.07, 6.45) is 5.50. The van der Waals surface area contributed by atoms with Crippen molar-refractivity contribution < 1.29 is 19.1 Å². The number of pyridine rings is 1. The molecule has 44 heavy (non-hydrogen) atoms. The number of ether oxygens (including phenoxy) is 2. The zero-order valence-corrected chi connectivity index (χ0v) is 25.4. The average Bonchev–Trinajstić information content (AvgIpc) is 3.32. The lowest BCUT2D eigenvalue weighted by molar-refractivity contribution is 0.0599. The topological polar surface area (TPSA) is 158 Å². The number of anilines is 1. The predicted octanol–water partition coefficient (Wildman–Crippen LogP) is 4.27. The summed E-state index contributed by atoms with van der Waals surface area (Å²) in [4.78, 5) is 47.9. The van der Waals surface area contributed by atoms with Crippen molar-refractivity contribution in [3.63, 3.8) is 0 Å². The molecule has 230 valence electrons. The van der Waals surface area contributed by atoms with E-state index in [1.54, 1.807) is 51.2 Å². The minimum Gasteiger partial charge on any atom is -0.497 e. The minimum atomic E-state index is -0.725. The highest BCUT2D eigenvalue weighted by Gasteiger charge is 2.27. The number of piperidine rings is 1. The number of fused-ring (bicyclic) bond motifs is 1. The van der Waals surface area contributed by atoms with Crippen LogP contribution in [0.15, 0.2) is 59.8 Å². The lowest BCUT2D eigenvalue weighted by Gasteiger charge is -2.30. The van der Waals surface area contributed by atoms with Crippen LogP contribution in [0.3, 0.4) is 0 Å². The first-order chi connectivity index (χ1) is 21.0. The van der Waals surface area contributed by atoms with Crippen LogP contribution < -0.4 is 20.9 Å². The fraction of sp³-hybridized carbons (Fsp3) is 0.375. The first kappa shape index (κ1) is 31.7. The van der Waals surface area contributed by atoms with Crippen LogP contribution in [0.1, 0.15) is 61.6 Å². The Labute approximate surface area is 255 Å². The van der Waals surface area contributed by atoms with Gasteiger partial charge in [0.1, 0.15) is 39.8 Å². The molecule has 0 spiro atoms. The number of methoxy groups -OCH3 is 1. The Bertz CT molecular complexity index is 1730. The maximum atomic E-state index is 13.8. The van der Waals surface area contributed by atoms with E-state index in [1.165, 1.54) is 18.0 Å². The van der Waals surface area contributed by atoms with Crippen LogP contribution in [0.5, 0.6) is 5.75 Å². The largest absolute Gasteiger partial charge is 0.497 e. The summed E-state index contributed by atoms with van der Waals surface area (Å²) in [5.74, 6) is 1.02. The van der Waals surface area contributed by atoms with Crippen molar-refractivity contribution >= 4 is 28.7 Å². The van der Waals surface area contributed by atoms with Gasteiger partial charge in [-0.05, 0) is 64.3 Å². The molecule has 1 aliphatic rings. The standard InChI is InChI=1S/C27H26N6O3.C5H11NO2/c1-36-21-10-7-8-19(14-21)23(34)17-32-18-30-24-22(15-28)26(31-12-5-2-6-13-31)33(25(24)27(32)35)16-20-9-3-4-11-29-20;1-5(2,3)8-4(6)7/h3-4,7-11,14,18H,2,5-6,12-13,16-17H2,1H3;1-3H3,(H2,6,7). The van der Waals surface area contributed by atoms with Gasteiger partial charge in [-0.1, -0.05) is 18.2 Å². The highest BCUT2D eigenvalue weighted by atomic mass is 16.6. The van der Waals surface area contributed by atoms with Crippen molar-refractivity contribution in [2.24, 2.45) is 5.73 Å². The number of benzene rings is 1. The normalized spacial score (nSPS) is 13.0. The van der Waals surface area contributed by atoms with Gasteiger partial charge in [-0.2, -0.15) is 5.26 Å². The molecule has 0 bridgehead atoms. The molecule has 0 unspecified atom stereocenters. The van der Waals surface area contributed by atoms with E-state index >= 15 is 0 Å². The van der Waals surface area contributed by atoms with Crippen LogP contribution in [0.4, 0.5) is 10.6 Å². The molecule has 0 atom stereocenters. The molecular weight excluding hydrogens is 562 g/mol. The van der Waals surface area contributed by atoms with Gasteiger partial charge in [0.05, 0.1) is 32.2 Å². The molecule has 4 heterocycles. The number of rotatable bonds is 7. The van der Waals surface area contributed by atoms with Crippen LogP contribution in [-0.2, 0) is 17.8 Å². The number of Topliss-reactive ketones (excluding diaryl/α,β-unsaturated/α-hetero) is 1. The Morgan fingerprint density at radius 1 is 1.07 bits per heavy atom. The molecule has 12 nitrogen and oxygen atoms in total. The number of nitriles is 1. The molecule has 5 rings (SSSR count). The highest BCUT2D eigenvalue weighted by molar-refractivity contribution is 5.96. The molecule has 12 heteroatoms. The number of aromatic nitrogens is 4. The highest BCUT2D eigenvalue weighted by Crippen LogP contribution is 2.32. The Morgan fingerprint density at radius 2 is 1.82 bits per heavy atom. The van der Waals surface area contributed by atoms with E-state index < -0.39 is 11.7 Å². The number of nitrogens with two attached hydrogens (primary N) is 1. The Balaban J connectivity index is 0.000000488. The third-order valence-electron chi connectivity index (χ3n) is 6.93. The van der Waals surface area contributed by atoms with Gasteiger partial charge < -0.3 is 24.7 Å². The number of primary amides is 1. The van der Waals surface area contributed by atoms with E-state index in [0.717, 1.165) is 38.0 Å². The Kier molecular flexibility index (Phi) is 10.0. The smallest absolute Gasteiger partial charge is 0.405 e. The van der Waals surface area contributed by atoms with Crippen molar-refractivity contribution in [3.8, 4) is 11.8 Å². The SMILES string of the molecule is CC(C)(C)OC(N)=O.COc1cccc(C(=O)Cn2cnc3c(C#N)c(N4CCCCC4)n(Cc4ccccn4)c3c2=O)c1. The number of nitrogens with zero attached hydrogens (tertiary/aromatic N) is 6. The van der Waals surface area contributed by atoms with Gasteiger partial charge in [0.25, 0.3) is 5.56 Å². The van der Waals surface area contributed by atoms with E-state index in [1.807, 2.05) is 22.8 Å². The van der Waals surface area contributed by atoms with Gasteiger partial charge in [-0.3, -0.25) is 19.1 Å².